The first-order valence-electron chi connectivity index (χ1n) is 7.43. The van der Waals surface area contributed by atoms with E-state index >= 15 is 0 Å². The highest BCUT2D eigenvalue weighted by atomic mass is 15.1. The van der Waals surface area contributed by atoms with Crippen molar-refractivity contribution in [3.63, 3.8) is 0 Å². The van der Waals surface area contributed by atoms with Crippen LogP contribution in [0.5, 0.6) is 0 Å². The second-order valence-electron chi connectivity index (χ2n) is 5.64. The van der Waals surface area contributed by atoms with Gasteiger partial charge in [0, 0.05) is 24.0 Å². The molecule has 0 aliphatic rings. The lowest BCUT2D eigenvalue weighted by molar-refractivity contribution is 0.606. The maximum atomic E-state index is 8.81. The van der Waals surface area contributed by atoms with Gasteiger partial charge in [0.15, 0.2) is 0 Å². The van der Waals surface area contributed by atoms with Crippen LogP contribution in [0.3, 0.4) is 0 Å². The van der Waals surface area contributed by atoms with E-state index in [0.29, 0.717) is 17.4 Å². The van der Waals surface area contributed by atoms with Crippen molar-refractivity contribution in [2.45, 2.75) is 27.2 Å². The minimum atomic E-state index is 0.636. The van der Waals surface area contributed by atoms with Gasteiger partial charge in [0.2, 0.25) is 5.95 Å². The summed E-state index contributed by atoms with van der Waals surface area (Å²) >= 11 is 0. The fourth-order valence-corrected chi connectivity index (χ4v) is 1.96. The molecule has 2 aromatic rings. The van der Waals surface area contributed by atoms with Crippen LogP contribution in [0, 0.1) is 24.2 Å². The average molecular weight is 295 g/mol. The summed E-state index contributed by atoms with van der Waals surface area (Å²) in [6, 6.07) is 11.3. The van der Waals surface area contributed by atoms with Crippen LogP contribution in [0.15, 0.2) is 30.3 Å². The standard InChI is InChI=1S/C17H21N5/c1-12(2)8-9-19-17-20-13(3)10-16(22-17)21-15-6-4-14(11-18)5-7-15/h4-7,10,12H,8-9H2,1-3H3,(H2,19,20,21,22). The Bertz CT molecular complexity index is 656. The topological polar surface area (TPSA) is 73.6 Å². The molecule has 114 valence electrons. The number of hydrogen-bond acceptors (Lipinski definition) is 5. The van der Waals surface area contributed by atoms with Gasteiger partial charge in [-0.15, -0.1) is 0 Å². The molecular weight excluding hydrogens is 274 g/mol. The van der Waals surface area contributed by atoms with Crippen LogP contribution in [0.4, 0.5) is 17.5 Å². The molecule has 0 bridgehead atoms. The van der Waals surface area contributed by atoms with E-state index in [4.69, 9.17) is 5.26 Å². The Morgan fingerprint density at radius 2 is 1.91 bits per heavy atom. The largest absolute Gasteiger partial charge is 0.354 e. The quantitative estimate of drug-likeness (QED) is 0.846. The van der Waals surface area contributed by atoms with E-state index in [0.717, 1.165) is 30.2 Å². The molecule has 0 saturated carbocycles. The second-order valence-corrected chi connectivity index (χ2v) is 5.64. The van der Waals surface area contributed by atoms with Crippen molar-refractivity contribution in [2.75, 3.05) is 17.2 Å². The number of anilines is 3. The van der Waals surface area contributed by atoms with Crippen molar-refractivity contribution >= 4 is 17.5 Å². The van der Waals surface area contributed by atoms with Crippen molar-refractivity contribution < 1.29 is 0 Å². The Morgan fingerprint density at radius 1 is 1.18 bits per heavy atom. The summed E-state index contributed by atoms with van der Waals surface area (Å²) in [4.78, 5) is 8.86. The molecule has 5 nitrogen and oxygen atoms in total. The van der Waals surface area contributed by atoms with Crippen LogP contribution < -0.4 is 10.6 Å². The van der Waals surface area contributed by atoms with Gasteiger partial charge in [0.1, 0.15) is 5.82 Å². The van der Waals surface area contributed by atoms with Crippen LogP contribution in [0.1, 0.15) is 31.5 Å². The zero-order valence-corrected chi connectivity index (χ0v) is 13.2. The SMILES string of the molecule is Cc1cc(Nc2ccc(C#N)cc2)nc(NCCC(C)C)n1. The Balaban J connectivity index is 2.06. The van der Waals surface area contributed by atoms with Gasteiger partial charge in [-0.2, -0.15) is 10.2 Å². The van der Waals surface area contributed by atoms with Crippen molar-refractivity contribution in [3.8, 4) is 6.07 Å². The smallest absolute Gasteiger partial charge is 0.224 e. The predicted molar refractivity (Wildman–Crippen MR) is 89.2 cm³/mol. The highest BCUT2D eigenvalue weighted by Crippen LogP contribution is 2.17. The molecular formula is C17H21N5. The minimum absolute atomic E-state index is 0.636. The summed E-state index contributed by atoms with van der Waals surface area (Å²) in [5.74, 6) is 2.02. The number of aromatic nitrogens is 2. The molecule has 0 amide bonds. The first kappa shape index (κ1) is 15.8. The zero-order valence-electron chi connectivity index (χ0n) is 13.2. The third-order valence-electron chi connectivity index (χ3n) is 3.15. The normalized spacial score (nSPS) is 10.3. The molecule has 0 fully saturated rings. The maximum Gasteiger partial charge on any atom is 0.224 e. The summed E-state index contributed by atoms with van der Waals surface area (Å²) in [5.41, 5.74) is 2.43. The Labute approximate surface area is 131 Å². The Hall–Kier alpha value is -2.61. The van der Waals surface area contributed by atoms with E-state index < -0.39 is 0 Å². The van der Waals surface area contributed by atoms with Gasteiger partial charge < -0.3 is 10.6 Å². The number of aryl methyl sites for hydroxylation is 1. The van der Waals surface area contributed by atoms with Crippen LogP contribution in [-0.4, -0.2) is 16.5 Å². The molecule has 1 aromatic heterocycles. The summed E-state index contributed by atoms with van der Waals surface area (Å²) in [7, 11) is 0. The fraction of sp³-hybridized carbons (Fsp3) is 0.353. The molecule has 1 aromatic carbocycles. The van der Waals surface area contributed by atoms with Gasteiger partial charge in [-0.25, -0.2) is 4.98 Å². The molecule has 0 spiro atoms. The third-order valence-corrected chi connectivity index (χ3v) is 3.15. The number of nitrogens with one attached hydrogen (secondary N) is 2. The summed E-state index contributed by atoms with van der Waals surface area (Å²) in [6.45, 7) is 7.18. The highest BCUT2D eigenvalue weighted by molar-refractivity contribution is 5.58. The molecule has 2 N–H and O–H groups in total. The first-order valence-corrected chi connectivity index (χ1v) is 7.43. The van der Waals surface area contributed by atoms with Crippen LogP contribution in [-0.2, 0) is 0 Å². The predicted octanol–water partition coefficient (Wildman–Crippen LogP) is 3.86. The lowest BCUT2D eigenvalue weighted by atomic mass is 10.1. The molecule has 22 heavy (non-hydrogen) atoms. The van der Waals surface area contributed by atoms with Gasteiger partial charge in [0.25, 0.3) is 0 Å². The van der Waals surface area contributed by atoms with Gasteiger partial charge >= 0.3 is 0 Å². The molecule has 0 saturated heterocycles. The van der Waals surface area contributed by atoms with E-state index in [1.807, 2.05) is 25.1 Å². The van der Waals surface area contributed by atoms with E-state index in [-0.39, 0.29) is 0 Å². The lowest BCUT2D eigenvalue weighted by Gasteiger charge is -2.10. The average Bonchev–Trinajstić information content (AvgIpc) is 2.47. The highest BCUT2D eigenvalue weighted by Gasteiger charge is 2.03. The Morgan fingerprint density at radius 3 is 2.55 bits per heavy atom. The monoisotopic (exact) mass is 295 g/mol. The number of hydrogen-bond donors (Lipinski definition) is 2. The van der Waals surface area contributed by atoms with Gasteiger partial charge in [-0.1, -0.05) is 13.8 Å². The van der Waals surface area contributed by atoms with Gasteiger partial charge in [0.05, 0.1) is 11.6 Å². The zero-order chi connectivity index (χ0) is 15.9. The molecule has 5 heteroatoms. The first-order chi connectivity index (χ1) is 10.6. The van der Waals surface area contributed by atoms with Crippen molar-refractivity contribution in [2.24, 2.45) is 5.92 Å². The molecule has 1 heterocycles. The van der Waals surface area contributed by atoms with E-state index in [9.17, 15) is 0 Å². The molecule has 2 rings (SSSR count). The van der Waals surface area contributed by atoms with Crippen molar-refractivity contribution in [1.82, 2.24) is 9.97 Å². The number of benzene rings is 1. The maximum absolute atomic E-state index is 8.81. The Kier molecular flexibility index (Phi) is 5.31. The molecule has 0 unspecified atom stereocenters. The van der Waals surface area contributed by atoms with E-state index in [2.05, 4.69) is 40.5 Å². The number of nitriles is 1. The van der Waals surface area contributed by atoms with Gasteiger partial charge in [-0.05, 0) is 43.5 Å². The lowest BCUT2D eigenvalue weighted by Crippen LogP contribution is -2.09. The summed E-state index contributed by atoms with van der Waals surface area (Å²) < 4.78 is 0. The summed E-state index contributed by atoms with van der Waals surface area (Å²) in [5, 5.41) is 15.3. The third kappa shape index (κ3) is 4.74. The van der Waals surface area contributed by atoms with Crippen LogP contribution in [0.25, 0.3) is 0 Å². The van der Waals surface area contributed by atoms with Crippen LogP contribution >= 0.6 is 0 Å². The summed E-state index contributed by atoms with van der Waals surface area (Å²) in [6.07, 6.45) is 1.08. The fourth-order valence-electron chi connectivity index (χ4n) is 1.96. The van der Waals surface area contributed by atoms with Crippen molar-refractivity contribution in [3.05, 3.63) is 41.6 Å². The van der Waals surface area contributed by atoms with Crippen LogP contribution in [0.2, 0.25) is 0 Å². The van der Waals surface area contributed by atoms with Crippen molar-refractivity contribution in [1.29, 1.82) is 5.26 Å². The minimum Gasteiger partial charge on any atom is -0.354 e. The number of rotatable bonds is 6. The van der Waals surface area contributed by atoms with Gasteiger partial charge in [-0.3, -0.25) is 0 Å². The molecule has 0 radical (unpaired) electrons. The second kappa shape index (κ2) is 7.41. The van der Waals surface area contributed by atoms with E-state index in [1.54, 1.807) is 12.1 Å². The molecule has 0 aliphatic carbocycles. The van der Waals surface area contributed by atoms with E-state index in [1.165, 1.54) is 0 Å². The number of nitrogens with zero attached hydrogens (tertiary/aromatic N) is 3. The molecule has 0 aliphatic heterocycles. The molecule has 0 atom stereocenters.